The standard InChI is InChI=1S/C17H21FN2O4.C17H20FNO3/c1-11-19-16(23-9-8-18)15-13(7-6-12-4-3-5-12)10-14(21)24-17(15)20(11)22-2;1-11-9-14-16(17(19-11)21-8-7-18)13(10-15(20)22-14)4-2-3-12-5-6-12/h10,12H,1,3-9H2,2H3;10,12H,1-9H2. The van der Waals surface area contributed by atoms with Crippen LogP contribution in [0, 0.1) is 11.8 Å². The first-order chi connectivity index (χ1) is 22.3. The van der Waals surface area contributed by atoms with Crippen molar-refractivity contribution < 1.29 is 31.9 Å². The first kappa shape index (κ1) is 33.3. The van der Waals surface area contributed by atoms with Crippen LogP contribution in [0.25, 0.3) is 0 Å². The normalized spacial score (nSPS) is 17.2. The summed E-state index contributed by atoms with van der Waals surface area (Å²) in [6.45, 7) is 6.15. The molecule has 2 aromatic heterocycles. The number of hydroxylamine groups is 1. The smallest absolute Gasteiger partial charge is 0.337 e. The van der Waals surface area contributed by atoms with Gasteiger partial charge in [-0.3, -0.25) is 4.84 Å². The van der Waals surface area contributed by atoms with Gasteiger partial charge in [0.05, 0.1) is 12.7 Å². The zero-order valence-corrected chi connectivity index (χ0v) is 26.3. The van der Waals surface area contributed by atoms with Crippen molar-refractivity contribution >= 4 is 17.7 Å². The molecule has 2 aromatic rings. The largest absolute Gasteiger partial charge is 0.474 e. The van der Waals surface area contributed by atoms with Crippen molar-refractivity contribution in [3.8, 4) is 0 Å². The van der Waals surface area contributed by atoms with Crippen LogP contribution in [0.1, 0.15) is 79.4 Å². The van der Waals surface area contributed by atoms with Crippen LogP contribution in [0.5, 0.6) is 0 Å². The molecule has 0 spiro atoms. The molecule has 4 aliphatic rings. The lowest BCUT2D eigenvalue weighted by atomic mass is 9.81. The minimum absolute atomic E-state index is 0.0633. The molecular weight excluding hydrogens is 600 g/mol. The van der Waals surface area contributed by atoms with E-state index in [9.17, 15) is 18.4 Å². The van der Waals surface area contributed by atoms with Gasteiger partial charge in [-0.05, 0) is 48.6 Å². The molecule has 0 saturated heterocycles. The van der Waals surface area contributed by atoms with E-state index in [1.54, 1.807) is 0 Å². The number of hydrogen-bond donors (Lipinski definition) is 0. The third-order valence-corrected chi connectivity index (χ3v) is 8.46. The van der Waals surface area contributed by atoms with Crippen molar-refractivity contribution in [2.24, 2.45) is 21.8 Å². The fourth-order valence-electron chi connectivity index (χ4n) is 5.83. The molecule has 12 heteroatoms. The van der Waals surface area contributed by atoms with Gasteiger partial charge >= 0.3 is 11.3 Å². The van der Waals surface area contributed by atoms with E-state index in [0.717, 1.165) is 41.9 Å². The molecular formula is C34H41F2N3O7. The molecule has 2 fully saturated rings. The third kappa shape index (κ3) is 8.20. The van der Waals surface area contributed by atoms with Crippen LogP contribution >= 0.6 is 0 Å². The van der Waals surface area contributed by atoms with Gasteiger partial charge < -0.3 is 18.3 Å². The van der Waals surface area contributed by atoms with Crippen LogP contribution in [0.2, 0.25) is 0 Å². The van der Waals surface area contributed by atoms with Gasteiger partial charge in [0.2, 0.25) is 17.7 Å². The van der Waals surface area contributed by atoms with Crippen LogP contribution in [0.15, 0.2) is 65.2 Å². The molecule has 46 heavy (non-hydrogen) atoms. The molecule has 6 rings (SSSR count). The first-order valence-electron chi connectivity index (χ1n) is 15.9. The highest BCUT2D eigenvalue weighted by atomic mass is 19.1. The molecule has 10 nitrogen and oxygen atoms in total. The Labute approximate surface area is 266 Å². The number of rotatable bonds is 12. The molecule has 0 N–H and O–H groups in total. The number of fused-ring (bicyclic) bond motifs is 2. The lowest BCUT2D eigenvalue weighted by Gasteiger charge is -2.29. The SMILES string of the molecule is C=C1Cc2oc(=O)cc(CCCC3CC3)c2C(OCCF)=N1.C=C1N=C(OCCF)c2c(CCC3CCC3)cc(=O)oc2N1OC. The number of aliphatic imine (C=N–C) groups is 2. The summed E-state index contributed by atoms with van der Waals surface area (Å²) in [5.41, 5.74) is 2.64. The number of allylic oxidation sites excluding steroid dienone is 1. The number of alkyl halides is 2. The topological polar surface area (TPSA) is 116 Å². The Morgan fingerprint density at radius 2 is 1.50 bits per heavy atom. The molecule has 0 aromatic carbocycles. The summed E-state index contributed by atoms with van der Waals surface area (Å²) in [4.78, 5) is 37.5. The highest BCUT2D eigenvalue weighted by Crippen LogP contribution is 2.36. The molecule has 0 bridgehead atoms. The predicted molar refractivity (Wildman–Crippen MR) is 170 cm³/mol. The lowest BCUT2D eigenvalue weighted by Crippen LogP contribution is -2.30. The predicted octanol–water partition coefficient (Wildman–Crippen LogP) is 6.13. The maximum atomic E-state index is 12.5. The summed E-state index contributed by atoms with van der Waals surface area (Å²) in [5, 5.41) is 1.24. The highest BCUT2D eigenvalue weighted by Gasteiger charge is 2.31. The second-order valence-corrected chi connectivity index (χ2v) is 11.9. The summed E-state index contributed by atoms with van der Waals surface area (Å²) in [7, 11) is 1.43. The molecule has 0 amide bonds. The minimum Gasteiger partial charge on any atom is -0.474 e. The summed E-state index contributed by atoms with van der Waals surface area (Å²) in [6, 6.07) is 2.96. The number of hydrogen-bond acceptors (Lipinski definition) is 10. The van der Waals surface area contributed by atoms with Crippen molar-refractivity contribution in [2.45, 2.75) is 70.6 Å². The summed E-state index contributed by atoms with van der Waals surface area (Å²) in [5.74, 6) is 3.01. The molecule has 0 unspecified atom stereocenters. The monoisotopic (exact) mass is 641 g/mol. The van der Waals surface area contributed by atoms with Crippen LogP contribution in [0.4, 0.5) is 14.7 Å². The van der Waals surface area contributed by atoms with Gasteiger partial charge in [-0.2, -0.15) is 10.1 Å². The third-order valence-electron chi connectivity index (χ3n) is 8.46. The quantitative estimate of drug-likeness (QED) is 0.272. The number of nitrogens with zero attached hydrogens (tertiary/aromatic N) is 3. The fourth-order valence-corrected chi connectivity index (χ4v) is 5.83. The Morgan fingerprint density at radius 3 is 2.11 bits per heavy atom. The van der Waals surface area contributed by atoms with E-state index in [4.69, 9.17) is 23.1 Å². The summed E-state index contributed by atoms with van der Waals surface area (Å²) in [6.07, 6.45) is 11.4. The molecule has 2 aliphatic heterocycles. The van der Waals surface area contributed by atoms with E-state index in [-0.39, 0.29) is 36.4 Å². The molecule has 0 radical (unpaired) electrons. The maximum Gasteiger partial charge on any atom is 0.337 e. The van der Waals surface area contributed by atoms with E-state index >= 15 is 0 Å². The second kappa shape index (κ2) is 15.5. The first-order valence-corrected chi connectivity index (χ1v) is 15.9. The zero-order valence-electron chi connectivity index (χ0n) is 26.3. The van der Waals surface area contributed by atoms with Crippen LogP contribution in [-0.4, -0.2) is 45.5 Å². The van der Waals surface area contributed by atoms with Crippen molar-refractivity contribution in [2.75, 3.05) is 38.7 Å². The van der Waals surface area contributed by atoms with Gasteiger partial charge in [-0.25, -0.2) is 23.4 Å². The second-order valence-electron chi connectivity index (χ2n) is 11.9. The average molecular weight is 642 g/mol. The van der Waals surface area contributed by atoms with Gasteiger partial charge in [0.1, 0.15) is 37.9 Å². The Bertz CT molecular complexity index is 1600. The van der Waals surface area contributed by atoms with Crippen LogP contribution in [0.3, 0.4) is 0 Å². The Balaban J connectivity index is 0.000000182. The van der Waals surface area contributed by atoms with Crippen molar-refractivity contribution in [3.05, 3.63) is 85.7 Å². The fraction of sp³-hybridized carbons (Fsp3) is 0.529. The lowest BCUT2D eigenvalue weighted by molar-refractivity contribution is 0.168. The van der Waals surface area contributed by atoms with Gasteiger partial charge in [-0.15, -0.1) is 0 Å². The van der Waals surface area contributed by atoms with Gasteiger partial charge in [-0.1, -0.05) is 51.7 Å². The molecule has 2 aliphatic carbocycles. The van der Waals surface area contributed by atoms with E-state index < -0.39 is 19.0 Å². The van der Waals surface area contributed by atoms with E-state index in [1.807, 2.05) is 0 Å². The maximum absolute atomic E-state index is 12.5. The molecule has 248 valence electrons. The van der Waals surface area contributed by atoms with Gasteiger partial charge in [0, 0.05) is 24.3 Å². The van der Waals surface area contributed by atoms with Crippen LogP contribution in [-0.2, 0) is 33.6 Å². The zero-order chi connectivity index (χ0) is 32.6. The minimum atomic E-state index is -0.636. The summed E-state index contributed by atoms with van der Waals surface area (Å²) >= 11 is 0. The van der Waals surface area contributed by atoms with Crippen LogP contribution < -0.4 is 16.3 Å². The number of ether oxygens (including phenoxy) is 2. The van der Waals surface area contributed by atoms with E-state index in [1.165, 1.54) is 62.8 Å². The van der Waals surface area contributed by atoms with Gasteiger partial charge in [0.25, 0.3) is 0 Å². The van der Waals surface area contributed by atoms with E-state index in [0.29, 0.717) is 41.7 Å². The molecule has 4 heterocycles. The Morgan fingerprint density at radius 1 is 0.870 bits per heavy atom. The number of anilines is 1. The molecule has 0 atom stereocenters. The van der Waals surface area contributed by atoms with Crippen molar-refractivity contribution in [3.63, 3.8) is 0 Å². The highest BCUT2D eigenvalue weighted by molar-refractivity contribution is 6.02. The van der Waals surface area contributed by atoms with Crippen molar-refractivity contribution in [1.82, 2.24) is 0 Å². The average Bonchev–Trinajstić information content (AvgIpc) is 3.82. The molecule has 2 saturated carbocycles. The summed E-state index contributed by atoms with van der Waals surface area (Å²) < 4.78 is 46.3. The van der Waals surface area contributed by atoms with E-state index in [2.05, 4.69) is 23.1 Å². The Kier molecular flexibility index (Phi) is 11.2. The number of halogens is 2. The van der Waals surface area contributed by atoms with Crippen molar-refractivity contribution in [1.29, 1.82) is 0 Å². The number of aryl methyl sites for hydroxylation is 2. The Hall–Kier alpha value is -4.06. The van der Waals surface area contributed by atoms with Gasteiger partial charge in [0.15, 0.2) is 5.82 Å².